The van der Waals surface area contributed by atoms with Crippen LogP contribution in [0.4, 0.5) is 17.1 Å². The number of hydrogen-bond donors (Lipinski definition) is 0. The highest BCUT2D eigenvalue weighted by molar-refractivity contribution is 6.05. The van der Waals surface area contributed by atoms with Gasteiger partial charge in [0.25, 0.3) is 0 Å². The molecule has 4 nitrogen and oxygen atoms in total. The molecule has 1 aromatic heterocycles. The predicted molar refractivity (Wildman–Crippen MR) is 159 cm³/mol. The highest BCUT2D eigenvalue weighted by Crippen LogP contribution is 2.51. The van der Waals surface area contributed by atoms with Crippen molar-refractivity contribution in [3.05, 3.63) is 127 Å². The average Bonchev–Trinajstić information content (AvgIpc) is 2.99. The van der Waals surface area contributed by atoms with Crippen molar-refractivity contribution in [1.82, 2.24) is 4.98 Å². The van der Waals surface area contributed by atoms with Gasteiger partial charge >= 0.3 is 0 Å². The summed E-state index contributed by atoms with van der Waals surface area (Å²) in [6.07, 6.45) is 0. The van der Waals surface area contributed by atoms with E-state index in [9.17, 15) is 0 Å². The van der Waals surface area contributed by atoms with Gasteiger partial charge in [-0.25, -0.2) is 4.98 Å². The third kappa shape index (κ3) is 3.98. The monoisotopic (exact) mass is 506 g/mol. The average molecular weight is 507 g/mol. The number of ether oxygens (including phenoxy) is 2. The Hall–Kier alpha value is -5.09. The highest BCUT2D eigenvalue weighted by atomic mass is 16.5. The second-order valence-corrected chi connectivity index (χ2v) is 9.70. The van der Waals surface area contributed by atoms with Crippen LogP contribution in [-0.2, 0) is 0 Å². The van der Waals surface area contributed by atoms with Crippen molar-refractivity contribution in [1.29, 1.82) is 0 Å². The van der Waals surface area contributed by atoms with Crippen LogP contribution < -0.4 is 14.4 Å². The van der Waals surface area contributed by atoms with Crippen molar-refractivity contribution in [3.63, 3.8) is 0 Å². The number of nitrogens with zero attached hydrogens (tertiary/aromatic N) is 2. The molecule has 1 aliphatic heterocycles. The summed E-state index contributed by atoms with van der Waals surface area (Å²) in [4.78, 5) is 7.57. The molecule has 0 amide bonds. The predicted octanol–water partition coefficient (Wildman–Crippen LogP) is 9.46. The Kier molecular flexibility index (Phi) is 5.52. The molecule has 0 bridgehead atoms. The van der Waals surface area contributed by atoms with Gasteiger partial charge in [0.05, 0.1) is 35.4 Å². The third-order valence-electron chi connectivity index (χ3n) is 7.24. The van der Waals surface area contributed by atoms with E-state index in [4.69, 9.17) is 14.5 Å². The zero-order valence-electron chi connectivity index (χ0n) is 21.8. The summed E-state index contributed by atoms with van der Waals surface area (Å²) in [5.41, 5.74) is 9.34. The van der Waals surface area contributed by atoms with Crippen LogP contribution in [0.3, 0.4) is 0 Å². The van der Waals surface area contributed by atoms with Gasteiger partial charge in [-0.15, -0.1) is 0 Å². The molecule has 0 aliphatic carbocycles. The number of aromatic nitrogens is 1. The van der Waals surface area contributed by atoms with Gasteiger partial charge in [0.2, 0.25) is 0 Å². The van der Waals surface area contributed by atoms with Crippen LogP contribution in [0.25, 0.3) is 33.3 Å². The van der Waals surface area contributed by atoms with Gasteiger partial charge in [0.1, 0.15) is 5.75 Å². The Labute approximate surface area is 227 Å². The maximum Gasteiger partial charge on any atom is 0.151 e. The van der Waals surface area contributed by atoms with Crippen LogP contribution in [0.1, 0.15) is 5.56 Å². The summed E-state index contributed by atoms with van der Waals surface area (Å²) in [5.74, 6) is 2.47. The second-order valence-electron chi connectivity index (χ2n) is 9.70. The van der Waals surface area contributed by atoms with Crippen molar-refractivity contribution in [2.75, 3.05) is 12.0 Å². The molecule has 188 valence electrons. The quantitative estimate of drug-likeness (QED) is 0.238. The molecule has 6 aromatic rings. The number of para-hydroxylation sites is 5. The van der Waals surface area contributed by atoms with Crippen LogP contribution in [0.15, 0.2) is 121 Å². The topological polar surface area (TPSA) is 34.6 Å². The highest BCUT2D eigenvalue weighted by Gasteiger charge is 2.27. The SMILES string of the molecule is COc1ccc(-c2cc(-c3ccc(C)cc3)nc3c(N4c5ccccc5Oc5ccccc54)cccc23)cc1. The molecule has 0 spiro atoms. The number of fused-ring (bicyclic) bond motifs is 3. The number of hydrogen-bond acceptors (Lipinski definition) is 4. The molecule has 4 heteroatoms. The van der Waals surface area contributed by atoms with Crippen molar-refractivity contribution in [2.45, 2.75) is 6.92 Å². The molecule has 39 heavy (non-hydrogen) atoms. The fraction of sp³-hybridized carbons (Fsp3) is 0.0571. The fourth-order valence-electron chi connectivity index (χ4n) is 5.26. The molecular formula is C35H26N2O2. The summed E-state index contributed by atoms with van der Waals surface area (Å²) in [7, 11) is 1.69. The zero-order chi connectivity index (χ0) is 26.3. The van der Waals surface area contributed by atoms with Crippen LogP contribution in [0, 0.1) is 6.92 Å². The molecule has 1 aliphatic rings. The largest absolute Gasteiger partial charge is 0.497 e. The lowest BCUT2D eigenvalue weighted by atomic mass is 9.97. The van der Waals surface area contributed by atoms with E-state index in [2.05, 4.69) is 84.6 Å². The van der Waals surface area contributed by atoms with Crippen molar-refractivity contribution in [2.24, 2.45) is 0 Å². The first-order valence-corrected chi connectivity index (χ1v) is 13.0. The van der Waals surface area contributed by atoms with Crippen LogP contribution in [-0.4, -0.2) is 12.1 Å². The first-order valence-electron chi connectivity index (χ1n) is 13.0. The number of anilines is 3. The minimum Gasteiger partial charge on any atom is -0.497 e. The van der Waals surface area contributed by atoms with E-state index >= 15 is 0 Å². The van der Waals surface area contributed by atoms with Gasteiger partial charge in [-0.2, -0.15) is 0 Å². The second kappa shape index (κ2) is 9.34. The van der Waals surface area contributed by atoms with Gasteiger partial charge in [0.15, 0.2) is 11.5 Å². The summed E-state index contributed by atoms with van der Waals surface area (Å²) in [5, 5.41) is 1.08. The molecule has 0 fully saturated rings. The van der Waals surface area contributed by atoms with Crippen LogP contribution in [0.5, 0.6) is 17.2 Å². The molecular weight excluding hydrogens is 480 g/mol. The number of pyridine rings is 1. The zero-order valence-corrected chi connectivity index (χ0v) is 21.8. The molecule has 5 aromatic carbocycles. The van der Waals surface area contributed by atoms with Crippen molar-refractivity contribution >= 4 is 28.0 Å². The van der Waals surface area contributed by atoms with E-state index < -0.39 is 0 Å². The van der Waals surface area contributed by atoms with Gasteiger partial charge in [-0.3, -0.25) is 0 Å². The van der Waals surface area contributed by atoms with Gasteiger partial charge in [-0.05, 0) is 66.6 Å². The Morgan fingerprint density at radius 3 is 1.92 bits per heavy atom. The van der Waals surface area contributed by atoms with Gasteiger partial charge in [0, 0.05) is 10.9 Å². The van der Waals surface area contributed by atoms with E-state index in [1.165, 1.54) is 5.56 Å². The molecule has 0 radical (unpaired) electrons. The molecule has 0 saturated heterocycles. The Morgan fingerprint density at radius 2 is 1.26 bits per heavy atom. The molecule has 0 saturated carbocycles. The molecule has 0 atom stereocenters. The molecule has 0 N–H and O–H groups in total. The minimum absolute atomic E-state index is 0.818. The van der Waals surface area contributed by atoms with Crippen LogP contribution in [0.2, 0.25) is 0 Å². The number of benzene rings is 5. The van der Waals surface area contributed by atoms with E-state index in [1.54, 1.807) is 7.11 Å². The maximum atomic E-state index is 6.29. The lowest BCUT2D eigenvalue weighted by Gasteiger charge is -2.33. The van der Waals surface area contributed by atoms with E-state index in [-0.39, 0.29) is 0 Å². The van der Waals surface area contributed by atoms with Crippen molar-refractivity contribution < 1.29 is 9.47 Å². The first-order chi connectivity index (χ1) is 19.2. The molecule has 7 rings (SSSR count). The molecule has 2 heterocycles. The number of rotatable bonds is 4. The Morgan fingerprint density at radius 1 is 0.641 bits per heavy atom. The first kappa shape index (κ1) is 23.1. The van der Waals surface area contributed by atoms with E-state index in [0.29, 0.717) is 0 Å². The summed E-state index contributed by atoms with van der Waals surface area (Å²) in [6, 6.07) is 41.7. The van der Waals surface area contributed by atoms with Gasteiger partial charge < -0.3 is 14.4 Å². The normalized spacial score (nSPS) is 12.0. The standard InChI is InChI=1S/C35H26N2O2/c1-23-14-16-25(17-15-23)29-22-28(24-18-20-26(38-2)21-19-24)27-8-7-11-32(35(27)36-29)37-30-9-3-5-12-33(30)39-34-13-6-4-10-31(34)37/h3-22H,1-2H3. The summed E-state index contributed by atoms with van der Waals surface area (Å²) >= 11 is 0. The fourth-order valence-corrected chi connectivity index (χ4v) is 5.26. The van der Waals surface area contributed by atoms with Crippen molar-refractivity contribution in [3.8, 4) is 39.6 Å². The van der Waals surface area contributed by atoms with E-state index in [0.717, 1.165) is 67.6 Å². The van der Waals surface area contributed by atoms with E-state index in [1.807, 2.05) is 48.5 Å². The molecule has 0 unspecified atom stereocenters. The number of aryl methyl sites for hydroxylation is 1. The van der Waals surface area contributed by atoms with Gasteiger partial charge in [-0.1, -0.05) is 78.4 Å². The smallest absolute Gasteiger partial charge is 0.151 e. The Bertz CT molecular complexity index is 1780. The lowest BCUT2D eigenvalue weighted by molar-refractivity contribution is 0.415. The minimum atomic E-state index is 0.818. The lowest BCUT2D eigenvalue weighted by Crippen LogP contribution is -2.16. The third-order valence-corrected chi connectivity index (χ3v) is 7.24. The number of methoxy groups -OCH3 is 1. The Balaban J connectivity index is 1.53. The summed E-state index contributed by atoms with van der Waals surface area (Å²) in [6.45, 7) is 2.10. The maximum absolute atomic E-state index is 6.29. The van der Waals surface area contributed by atoms with Crippen LogP contribution >= 0.6 is 0 Å². The summed E-state index contributed by atoms with van der Waals surface area (Å²) < 4.78 is 11.7.